The number of hydrogen-bond donors (Lipinski definition) is 3. The lowest BCUT2D eigenvalue weighted by atomic mass is 9.89. The van der Waals surface area contributed by atoms with Crippen molar-refractivity contribution < 1.29 is 43.9 Å². The van der Waals surface area contributed by atoms with E-state index in [0.29, 0.717) is 25.7 Å². The summed E-state index contributed by atoms with van der Waals surface area (Å²) < 4.78 is 17.4. The number of likely N-dealkylation sites (tertiary alicyclic amines) is 1. The second-order valence-electron chi connectivity index (χ2n) is 15.4. The molecule has 288 valence electrons. The Kier molecular flexibility index (Phi) is 15.8. The summed E-state index contributed by atoms with van der Waals surface area (Å²) in [5, 5.41) is 31.7. The first-order chi connectivity index (χ1) is 24.4. The number of carbonyl (C=O) groups excluding carboxylic acids is 3. The number of nitrogens with zero attached hydrogens (tertiary/aromatic N) is 3. The van der Waals surface area contributed by atoms with Crippen LogP contribution in [0.3, 0.4) is 0 Å². The molecular weight excluding hydrogens is 654 g/mol. The Morgan fingerprint density at radius 3 is 2.41 bits per heavy atom. The monoisotopic (exact) mass is 717 g/mol. The Bertz CT molecular complexity index is 1220. The van der Waals surface area contributed by atoms with Crippen LogP contribution in [0.15, 0.2) is 36.0 Å². The summed E-state index contributed by atoms with van der Waals surface area (Å²) in [4.78, 5) is 44.6. The molecule has 4 aliphatic rings. The van der Waals surface area contributed by atoms with Gasteiger partial charge in [0.25, 0.3) is 0 Å². The molecule has 0 aromatic rings. The minimum atomic E-state index is -1.48. The Balaban J connectivity index is 1.39. The largest absolute Gasteiger partial charge is 0.457 e. The molecule has 0 aromatic heterocycles. The van der Waals surface area contributed by atoms with Crippen molar-refractivity contribution in [1.82, 2.24) is 14.7 Å². The van der Waals surface area contributed by atoms with Crippen molar-refractivity contribution in [3.8, 4) is 0 Å². The van der Waals surface area contributed by atoms with Crippen molar-refractivity contribution in [1.29, 1.82) is 0 Å². The minimum absolute atomic E-state index is 0.0735. The number of piperazine rings is 1. The number of ether oxygens (including phenoxy) is 3. The summed E-state index contributed by atoms with van der Waals surface area (Å²) in [7, 11) is 0. The fourth-order valence-electron chi connectivity index (χ4n) is 7.63. The van der Waals surface area contributed by atoms with Gasteiger partial charge in [-0.05, 0) is 64.0 Å². The zero-order valence-electron chi connectivity index (χ0n) is 31.3. The normalized spacial score (nSPS) is 32.4. The zero-order chi connectivity index (χ0) is 37.0. The van der Waals surface area contributed by atoms with E-state index in [-0.39, 0.29) is 50.4 Å². The molecule has 0 aromatic carbocycles. The predicted molar refractivity (Wildman–Crippen MR) is 194 cm³/mol. The number of cyclic esters (lactones) is 1. The van der Waals surface area contributed by atoms with Crippen LogP contribution in [0.2, 0.25) is 0 Å². The van der Waals surface area contributed by atoms with Gasteiger partial charge in [-0.15, -0.1) is 0 Å². The number of amides is 2. The average molecular weight is 718 g/mol. The van der Waals surface area contributed by atoms with Gasteiger partial charge in [-0.3, -0.25) is 9.69 Å². The number of aliphatic hydroxyl groups excluding tert-OH is 2. The molecule has 0 bridgehead atoms. The lowest BCUT2D eigenvalue weighted by molar-refractivity contribution is -0.151. The number of allylic oxidation sites excluding steroid dienone is 2. The SMILES string of the molecule is C/C(=C\C=C\[C@@H](C)COC(=O)N1CCC[C@H]1CO)[C@H]1OC(=O)C[C@H](O)CC[C@@](C)(O)[C@@H](OC(=O)N2CCN(C3CCCCCC3)CC2)/C=C\[C@@H]1C. The minimum Gasteiger partial charge on any atom is -0.457 e. The third-order valence-corrected chi connectivity index (χ3v) is 11.0. The lowest BCUT2D eigenvalue weighted by Gasteiger charge is -2.40. The topological polar surface area (TPSA) is 149 Å². The van der Waals surface area contributed by atoms with Crippen molar-refractivity contribution in [2.24, 2.45) is 11.8 Å². The van der Waals surface area contributed by atoms with Gasteiger partial charge in [0, 0.05) is 50.6 Å². The third-order valence-electron chi connectivity index (χ3n) is 11.0. The van der Waals surface area contributed by atoms with Crippen molar-refractivity contribution in [3.63, 3.8) is 0 Å². The van der Waals surface area contributed by atoms with Gasteiger partial charge in [0.05, 0.1) is 31.8 Å². The van der Waals surface area contributed by atoms with E-state index in [4.69, 9.17) is 14.2 Å². The smallest absolute Gasteiger partial charge is 0.410 e. The van der Waals surface area contributed by atoms with E-state index in [1.54, 1.807) is 22.8 Å². The summed E-state index contributed by atoms with van der Waals surface area (Å²) >= 11 is 0. The quantitative estimate of drug-likeness (QED) is 0.103. The van der Waals surface area contributed by atoms with E-state index in [9.17, 15) is 29.7 Å². The summed E-state index contributed by atoms with van der Waals surface area (Å²) in [6.07, 6.45) is 14.7. The highest BCUT2D eigenvalue weighted by Crippen LogP contribution is 2.28. The second-order valence-corrected chi connectivity index (χ2v) is 15.4. The van der Waals surface area contributed by atoms with Crippen LogP contribution in [0.5, 0.6) is 0 Å². The predicted octanol–water partition coefficient (Wildman–Crippen LogP) is 4.96. The molecule has 4 rings (SSSR count). The molecule has 3 N–H and O–H groups in total. The van der Waals surface area contributed by atoms with E-state index < -0.39 is 42.1 Å². The molecular formula is C39H63N3O9. The Hall–Kier alpha value is -2.93. The molecule has 7 atom stereocenters. The van der Waals surface area contributed by atoms with Crippen molar-refractivity contribution >= 4 is 18.2 Å². The molecule has 12 nitrogen and oxygen atoms in total. The van der Waals surface area contributed by atoms with Crippen LogP contribution in [0.1, 0.15) is 98.3 Å². The van der Waals surface area contributed by atoms with Gasteiger partial charge in [-0.2, -0.15) is 0 Å². The van der Waals surface area contributed by atoms with Gasteiger partial charge in [-0.25, -0.2) is 9.59 Å². The Morgan fingerprint density at radius 1 is 1.02 bits per heavy atom. The number of carbonyl (C=O) groups is 3. The van der Waals surface area contributed by atoms with Gasteiger partial charge in [-0.1, -0.05) is 63.8 Å². The first-order valence-corrected chi connectivity index (χ1v) is 19.2. The molecule has 0 radical (unpaired) electrons. The van der Waals surface area contributed by atoms with E-state index in [2.05, 4.69) is 4.90 Å². The van der Waals surface area contributed by atoms with Crippen LogP contribution >= 0.6 is 0 Å². The summed E-state index contributed by atoms with van der Waals surface area (Å²) in [5.74, 6) is -0.982. The van der Waals surface area contributed by atoms with E-state index in [1.807, 2.05) is 45.1 Å². The highest BCUT2D eigenvalue weighted by atomic mass is 16.6. The maximum atomic E-state index is 13.4. The van der Waals surface area contributed by atoms with Gasteiger partial charge < -0.3 is 39.3 Å². The van der Waals surface area contributed by atoms with Crippen molar-refractivity contribution in [2.75, 3.05) is 45.9 Å². The van der Waals surface area contributed by atoms with Crippen LogP contribution in [0, 0.1) is 11.8 Å². The van der Waals surface area contributed by atoms with E-state index in [1.165, 1.54) is 38.5 Å². The molecule has 51 heavy (non-hydrogen) atoms. The van der Waals surface area contributed by atoms with Crippen molar-refractivity contribution in [2.45, 2.75) is 134 Å². The number of hydrogen-bond acceptors (Lipinski definition) is 10. The van der Waals surface area contributed by atoms with Crippen LogP contribution < -0.4 is 0 Å². The molecule has 2 saturated heterocycles. The van der Waals surface area contributed by atoms with Gasteiger partial charge in [0.2, 0.25) is 0 Å². The van der Waals surface area contributed by atoms with Crippen LogP contribution in [0.25, 0.3) is 0 Å². The maximum absolute atomic E-state index is 13.4. The van der Waals surface area contributed by atoms with Gasteiger partial charge in [0.1, 0.15) is 11.7 Å². The molecule has 3 aliphatic heterocycles. The summed E-state index contributed by atoms with van der Waals surface area (Å²) in [6, 6.07) is 0.391. The molecule has 0 spiro atoms. The zero-order valence-corrected chi connectivity index (χ0v) is 31.3. The van der Waals surface area contributed by atoms with Crippen LogP contribution in [-0.4, -0.2) is 130 Å². The van der Waals surface area contributed by atoms with E-state index in [0.717, 1.165) is 31.5 Å². The summed E-state index contributed by atoms with van der Waals surface area (Å²) in [6.45, 7) is 10.7. The fourth-order valence-corrected chi connectivity index (χ4v) is 7.63. The van der Waals surface area contributed by atoms with Gasteiger partial charge in [0.15, 0.2) is 6.10 Å². The fraction of sp³-hybridized carbons (Fsp3) is 0.769. The lowest BCUT2D eigenvalue weighted by Crippen LogP contribution is -2.53. The standard InChI is InChI=1S/C39H63N3O9/c1-28(27-49-38(47)42-20-10-15-32(42)26-43)11-9-12-29(2)36-30(3)16-17-34(39(4,48)19-18-33(44)25-35(45)51-36)50-37(46)41-23-21-40(22-24-41)31-13-7-5-6-8-14-31/h9,11-12,16-17,28,30-34,36,43-44,48H,5-8,10,13-15,18-27H2,1-4H3/b11-9+,17-16-,29-12+/t28-,30+,32+,33-,34+,36-,39-/m1/s1. The molecule has 2 amide bonds. The first-order valence-electron chi connectivity index (χ1n) is 19.2. The Morgan fingerprint density at radius 2 is 1.73 bits per heavy atom. The molecule has 1 saturated carbocycles. The molecule has 12 heteroatoms. The van der Waals surface area contributed by atoms with E-state index >= 15 is 0 Å². The molecule has 1 aliphatic carbocycles. The maximum Gasteiger partial charge on any atom is 0.410 e. The average Bonchev–Trinajstić information content (AvgIpc) is 3.43. The second kappa shape index (κ2) is 19.8. The Labute approximate surface area is 304 Å². The summed E-state index contributed by atoms with van der Waals surface area (Å²) in [5.41, 5.74) is -0.726. The van der Waals surface area contributed by atoms with Crippen LogP contribution in [-0.2, 0) is 19.0 Å². The highest BCUT2D eigenvalue weighted by Gasteiger charge is 2.37. The van der Waals surface area contributed by atoms with Crippen molar-refractivity contribution in [3.05, 3.63) is 36.0 Å². The van der Waals surface area contributed by atoms with Crippen LogP contribution in [0.4, 0.5) is 9.59 Å². The van der Waals surface area contributed by atoms with Gasteiger partial charge >= 0.3 is 18.2 Å². The third kappa shape index (κ3) is 12.3. The molecule has 3 fully saturated rings. The number of aliphatic hydroxyl groups is 3. The molecule has 0 unspecified atom stereocenters. The molecule has 3 heterocycles. The first kappa shape index (κ1) is 40.8. The number of rotatable bonds is 8. The number of esters is 1. The highest BCUT2D eigenvalue weighted by molar-refractivity contribution is 5.70.